The Hall–Kier alpha value is -7.42. The number of rotatable bonds is 2. The van der Waals surface area contributed by atoms with E-state index in [9.17, 15) is 0 Å². The van der Waals surface area contributed by atoms with Crippen LogP contribution in [0.3, 0.4) is 0 Å². The maximum absolute atomic E-state index is 6.90. The summed E-state index contributed by atoms with van der Waals surface area (Å²) in [6, 6.07) is 70.7. The molecule has 0 fully saturated rings. The van der Waals surface area contributed by atoms with Crippen molar-refractivity contribution in [1.82, 2.24) is 0 Å². The zero-order valence-corrected chi connectivity index (χ0v) is 30.8. The van der Waals surface area contributed by atoms with Gasteiger partial charge in [0.05, 0.1) is 5.41 Å². The second-order valence-corrected chi connectivity index (χ2v) is 15.5. The topological polar surface area (TPSA) is 18.5 Å². The van der Waals surface area contributed by atoms with Crippen molar-refractivity contribution in [3.05, 3.63) is 216 Å². The fourth-order valence-electron chi connectivity index (χ4n) is 10.4. The summed E-state index contributed by atoms with van der Waals surface area (Å²) in [5, 5.41) is 7.72. The molecule has 0 bridgehead atoms. The molecule has 1 aliphatic heterocycles. The number of benzene rings is 10. The summed E-state index contributed by atoms with van der Waals surface area (Å²) in [7, 11) is 0. The molecule has 0 radical (unpaired) electrons. The van der Waals surface area contributed by atoms with E-state index in [1.54, 1.807) is 0 Å². The molecule has 13 rings (SSSR count). The molecule has 3 aliphatic rings. The van der Waals surface area contributed by atoms with Crippen molar-refractivity contribution < 1.29 is 9.47 Å². The number of ether oxygens (including phenoxy) is 2. The molecule has 1 heterocycles. The third-order valence-electron chi connectivity index (χ3n) is 12.7. The quantitative estimate of drug-likeness (QED) is 0.165. The van der Waals surface area contributed by atoms with Crippen LogP contribution in [0, 0.1) is 0 Å². The van der Waals surface area contributed by atoms with Crippen molar-refractivity contribution in [3.8, 4) is 67.5 Å². The van der Waals surface area contributed by atoms with E-state index < -0.39 is 5.41 Å². The maximum Gasteiger partial charge on any atom is 0.175 e. The molecule has 57 heavy (non-hydrogen) atoms. The maximum atomic E-state index is 6.90. The van der Waals surface area contributed by atoms with Gasteiger partial charge in [-0.25, -0.2) is 0 Å². The van der Waals surface area contributed by atoms with E-state index in [0.717, 1.165) is 28.6 Å². The molecule has 0 amide bonds. The van der Waals surface area contributed by atoms with Gasteiger partial charge in [-0.2, -0.15) is 0 Å². The van der Waals surface area contributed by atoms with Gasteiger partial charge >= 0.3 is 0 Å². The normalized spacial score (nSPS) is 13.7. The van der Waals surface area contributed by atoms with Crippen LogP contribution in [0.25, 0.3) is 76.8 Å². The van der Waals surface area contributed by atoms with Crippen molar-refractivity contribution in [2.24, 2.45) is 0 Å². The first-order valence-electron chi connectivity index (χ1n) is 19.7. The van der Waals surface area contributed by atoms with E-state index in [1.807, 2.05) is 24.3 Å². The molecule has 0 saturated carbocycles. The monoisotopic (exact) mass is 724 g/mol. The highest BCUT2D eigenvalue weighted by Crippen LogP contribution is 2.67. The lowest BCUT2D eigenvalue weighted by molar-refractivity contribution is 0.354. The first kappa shape index (κ1) is 30.9. The van der Waals surface area contributed by atoms with Gasteiger partial charge in [-0.3, -0.25) is 0 Å². The summed E-state index contributed by atoms with van der Waals surface area (Å²) in [5.74, 6) is 2.99. The Morgan fingerprint density at radius 1 is 0.281 bits per heavy atom. The van der Waals surface area contributed by atoms with Crippen LogP contribution in [0.4, 0.5) is 0 Å². The predicted molar refractivity (Wildman–Crippen MR) is 233 cm³/mol. The molecular formula is C55H32O2. The Kier molecular flexibility index (Phi) is 6.13. The molecule has 0 atom stereocenters. The van der Waals surface area contributed by atoms with E-state index in [2.05, 4.69) is 170 Å². The van der Waals surface area contributed by atoms with E-state index >= 15 is 0 Å². The Bertz CT molecular complexity index is 3290. The van der Waals surface area contributed by atoms with Crippen LogP contribution in [0.1, 0.15) is 22.3 Å². The van der Waals surface area contributed by atoms with Crippen molar-refractivity contribution >= 4 is 32.3 Å². The van der Waals surface area contributed by atoms with Gasteiger partial charge in [-0.05, 0) is 130 Å². The minimum Gasteiger partial charge on any atom is -0.450 e. The zero-order valence-electron chi connectivity index (χ0n) is 30.8. The van der Waals surface area contributed by atoms with E-state index in [-0.39, 0.29) is 0 Å². The molecule has 264 valence electrons. The minimum atomic E-state index is -0.603. The Morgan fingerprint density at radius 2 is 0.772 bits per heavy atom. The van der Waals surface area contributed by atoms with Crippen LogP contribution in [0.5, 0.6) is 23.0 Å². The highest BCUT2D eigenvalue weighted by atomic mass is 16.6. The molecule has 2 aliphatic carbocycles. The lowest BCUT2D eigenvalue weighted by Gasteiger charge is -2.33. The number of hydrogen-bond acceptors (Lipinski definition) is 2. The highest BCUT2D eigenvalue weighted by Gasteiger charge is 2.54. The molecule has 0 unspecified atom stereocenters. The zero-order chi connectivity index (χ0) is 37.2. The summed E-state index contributed by atoms with van der Waals surface area (Å²) in [4.78, 5) is 0. The van der Waals surface area contributed by atoms with Gasteiger partial charge in [0.2, 0.25) is 0 Å². The third-order valence-corrected chi connectivity index (χ3v) is 12.7. The Balaban J connectivity index is 1.02. The average molecular weight is 725 g/mol. The van der Waals surface area contributed by atoms with E-state index in [1.165, 1.54) is 93.5 Å². The molecule has 1 spiro atoms. The highest BCUT2D eigenvalue weighted by molar-refractivity contribution is 6.25. The second-order valence-electron chi connectivity index (χ2n) is 15.5. The smallest absolute Gasteiger partial charge is 0.175 e. The summed E-state index contributed by atoms with van der Waals surface area (Å²) < 4.78 is 13.5. The molecular weight excluding hydrogens is 693 g/mol. The van der Waals surface area contributed by atoms with Gasteiger partial charge in [0.15, 0.2) is 23.0 Å². The first-order valence-corrected chi connectivity index (χ1v) is 19.7. The molecule has 0 N–H and O–H groups in total. The molecule has 2 nitrogen and oxygen atoms in total. The standard InChI is InChI=1S/C55H32O2/c1-2-16-39-37(14-1)38-15-3-4-17-40(38)46-31-35(24-26-41(39)46)33-12-11-13-34(30-33)36-25-27-44-45-28-29-52-54(57-51-23-10-9-22-50(51)56-52)53(45)55(49(44)32-36)47-20-7-5-18-42(47)43-19-6-8-21-48(43)55/h1-32H. The predicted octanol–water partition coefficient (Wildman–Crippen LogP) is 14.7. The van der Waals surface area contributed by atoms with Gasteiger partial charge in [0.1, 0.15) is 0 Å². The van der Waals surface area contributed by atoms with Crippen molar-refractivity contribution in [1.29, 1.82) is 0 Å². The number of hydrogen-bond donors (Lipinski definition) is 0. The van der Waals surface area contributed by atoms with Crippen LogP contribution < -0.4 is 9.47 Å². The average Bonchev–Trinajstić information content (AvgIpc) is 3.75. The van der Waals surface area contributed by atoms with E-state index in [4.69, 9.17) is 9.47 Å². The van der Waals surface area contributed by atoms with Crippen molar-refractivity contribution in [2.45, 2.75) is 5.41 Å². The molecule has 0 aromatic heterocycles. The molecule has 10 aromatic rings. The molecule has 0 saturated heterocycles. The first-order chi connectivity index (χ1) is 28.3. The molecule has 10 aromatic carbocycles. The van der Waals surface area contributed by atoms with Gasteiger partial charge in [-0.15, -0.1) is 0 Å². The minimum absolute atomic E-state index is 0.603. The van der Waals surface area contributed by atoms with E-state index in [0.29, 0.717) is 0 Å². The largest absolute Gasteiger partial charge is 0.450 e. The summed E-state index contributed by atoms with van der Waals surface area (Å²) in [5.41, 5.74) is 14.0. The third kappa shape index (κ3) is 4.09. The SMILES string of the molecule is c1cc(-c2ccc3c(c2)C2(c4ccccc4-c4ccccc42)c2c-3ccc3c2Oc2ccccc2O3)cc(-c2ccc3c4ccccc4c4ccccc4c3c2)c1. The Morgan fingerprint density at radius 3 is 1.46 bits per heavy atom. The second kappa shape index (κ2) is 11.3. The summed E-state index contributed by atoms with van der Waals surface area (Å²) >= 11 is 0. The van der Waals surface area contributed by atoms with Gasteiger partial charge in [0.25, 0.3) is 0 Å². The van der Waals surface area contributed by atoms with Crippen molar-refractivity contribution in [3.63, 3.8) is 0 Å². The fourth-order valence-corrected chi connectivity index (χ4v) is 10.4. The number of para-hydroxylation sites is 2. The van der Waals surface area contributed by atoms with Crippen LogP contribution >= 0.6 is 0 Å². The summed E-state index contributed by atoms with van der Waals surface area (Å²) in [6.07, 6.45) is 0. The lowest BCUT2D eigenvalue weighted by atomic mass is 9.70. The van der Waals surface area contributed by atoms with Gasteiger partial charge in [-0.1, -0.05) is 158 Å². The van der Waals surface area contributed by atoms with Crippen LogP contribution in [0.15, 0.2) is 194 Å². The molecule has 2 heteroatoms. The lowest BCUT2D eigenvalue weighted by Crippen LogP contribution is -2.27. The van der Waals surface area contributed by atoms with Crippen LogP contribution in [0.2, 0.25) is 0 Å². The Labute approximate surface area is 329 Å². The summed E-state index contributed by atoms with van der Waals surface area (Å²) in [6.45, 7) is 0. The number of fused-ring (bicyclic) bond motifs is 19. The fraction of sp³-hybridized carbons (Fsp3) is 0.0182. The van der Waals surface area contributed by atoms with Crippen molar-refractivity contribution in [2.75, 3.05) is 0 Å². The van der Waals surface area contributed by atoms with Crippen LogP contribution in [-0.2, 0) is 5.41 Å². The van der Waals surface area contributed by atoms with Crippen LogP contribution in [-0.4, -0.2) is 0 Å². The van der Waals surface area contributed by atoms with Gasteiger partial charge < -0.3 is 9.47 Å². The van der Waals surface area contributed by atoms with Gasteiger partial charge in [0, 0.05) is 5.56 Å².